The summed E-state index contributed by atoms with van der Waals surface area (Å²) in [6, 6.07) is -0.786. The largest absolute Gasteiger partial charge is 0.479 e. The van der Waals surface area contributed by atoms with Crippen LogP contribution >= 0.6 is 0 Å². The molecule has 26 heteroatoms. The van der Waals surface area contributed by atoms with Crippen LogP contribution in [0.25, 0.3) is 0 Å². The molecule has 0 radical (unpaired) electrons. The van der Waals surface area contributed by atoms with Gasteiger partial charge < -0.3 is 97.5 Å². The number of likely N-dealkylation sites (N-methyl/N-ethyl adjacent to an activating group) is 1. The first-order valence-corrected chi connectivity index (χ1v) is 28.1. The Hall–Kier alpha value is -4.39. The van der Waals surface area contributed by atoms with Crippen LogP contribution in [-0.2, 0) is 85.7 Å². The second kappa shape index (κ2) is 33.5. The number of carbonyl (C=O) groups excluding carboxylic acids is 5. The first-order chi connectivity index (χ1) is 38.7. The summed E-state index contributed by atoms with van der Waals surface area (Å²) in [5.74, 6) is -8.17. The second-order valence-corrected chi connectivity index (χ2v) is 23.0. The first-order valence-electron chi connectivity index (χ1n) is 28.1. The minimum Gasteiger partial charge on any atom is -0.479 e. The summed E-state index contributed by atoms with van der Waals surface area (Å²) >= 11 is 0. The summed E-state index contributed by atoms with van der Waals surface area (Å²) in [5.41, 5.74) is -0.840. The number of ketones is 1. The van der Waals surface area contributed by atoms with E-state index in [2.05, 4.69) is 0 Å². The molecule has 3 fully saturated rings. The fraction of sp³-hybridized carbons (Fsp3) is 0.807. The smallest absolute Gasteiger partial charge is 0.335 e. The Morgan fingerprint density at radius 3 is 1.94 bits per heavy atom. The van der Waals surface area contributed by atoms with Crippen LogP contribution in [0.2, 0.25) is 0 Å². The van der Waals surface area contributed by atoms with Crippen LogP contribution in [0.4, 0.5) is 0 Å². The van der Waals surface area contributed by atoms with Crippen molar-refractivity contribution in [1.29, 1.82) is 0 Å². The number of carboxylic acid groups (broad SMARTS) is 2. The molecule has 0 aromatic rings. The van der Waals surface area contributed by atoms with Gasteiger partial charge >= 0.3 is 29.8 Å². The molecule has 4 aliphatic rings. The zero-order valence-corrected chi connectivity index (χ0v) is 50.5. The Morgan fingerprint density at radius 2 is 1.42 bits per heavy atom. The maximum Gasteiger partial charge on any atom is 0.335 e. The number of rotatable bonds is 20. The van der Waals surface area contributed by atoms with E-state index in [0.29, 0.717) is 18.3 Å². The monoisotopic (exact) mass is 1190 g/mol. The van der Waals surface area contributed by atoms with E-state index in [1.165, 1.54) is 34.1 Å². The highest BCUT2D eigenvalue weighted by atomic mass is 16.7. The highest BCUT2D eigenvalue weighted by Crippen LogP contribution is 2.38. The number of hydrogen-bond donors (Lipinski definition) is 7. The third kappa shape index (κ3) is 20.9. The average molecular weight is 1190 g/mol. The SMILES string of the molecule is CCC1OC(=O)CC(O)C(C)C(OC2OC(C)C(OC3CC(C)(O)C(OC(C)=O)C(C)O3)C(N(C)C)C2O)C(CC=O)CC(C)C(=O)C=CC(C)=CC1COC1OC(C)C(OC(=O)CC(C)C)C(OC)C1OC.O=C(O)C(O)C(O)C(=O)O. The van der Waals surface area contributed by atoms with E-state index in [1.807, 2.05) is 26.8 Å². The quantitative estimate of drug-likeness (QED) is 0.0520. The molecule has 4 aliphatic heterocycles. The van der Waals surface area contributed by atoms with Gasteiger partial charge in [-0.25, -0.2) is 9.59 Å². The Bertz CT molecular complexity index is 2150. The zero-order chi connectivity index (χ0) is 63.0. The fourth-order valence-corrected chi connectivity index (χ4v) is 10.9. The normalized spacial score (nSPS) is 37.5. The summed E-state index contributed by atoms with van der Waals surface area (Å²) in [4.78, 5) is 86.0. The Balaban J connectivity index is 0.00000164. The van der Waals surface area contributed by atoms with Gasteiger partial charge in [0.1, 0.15) is 42.4 Å². The molecule has 23 unspecified atom stereocenters. The van der Waals surface area contributed by atoms with Gasteiger partial charge in [-0.05, 0) is 79.5 Å². The summed E-state index contributed by atoms with van der Waals surface area (Å²) in [7, 11) is 6.45. The molecule has 83 heavy (non-hydrogen) atoms. The van der Waals surface area contributed by atoms with Crippen LogP contribution in [0.15, 0.2) is 23.8 Å². The molecule has 0 aromatic heterocycles. The van der Waals surface area contributed by atoms with Gasteiger partial charge in [0.05, 0.1) is 49.6 Å². The molecule has 7 N–H and O–H groups in total. The van der Waals surface area contributed by atoms with E-state index in [0.717, 1.165) is 0 Å². The molecule has 3 saturated heterocycles. The molecule has 0 spiro atoms. The van der Waals surface area contributed by atoms with Gasteiger partial charge in [-0.3, -0.25) is 19.2 Å². The number of carboxylic acids is 2. The van der Waals surface area contributed by atoms with Crippen molar-refractivity contribution >= 4 is 41.9 Å². The number of methoxy groups -OCH3 is 2. The maximum absolute atomic E-state index is 14.0. The molecule has 0 amide bonds. The third-order valence-corrected chi connectivity index (χ3v) is 15.3. The van der Waals surface area contributed by atoms with Gasteiger partial charge in [0.2, 0.25) is 0 Å². The van der Waals surface area contributed by atoms with Crippen molar-refractivity contribution in [3.63, 3.8) is 0 Å². The Morgan fingerprint density at radius 1 is 0.831 bits per heavy atom. The van der Waals surface area contributed by atoms with Crippen LogP contribution < -0.4 is 0 Å². The molecule has 4 rings (SSSR count). The molecule has 0 bridgehead atoms. The van der Waals surface area contributed by atoms with E-state index in [4.69, 9.17) is 72.5 Å². The minimum atomic E-state index is -2.27. The van der Waals surface area contributed by atoms with Crippen molar-refractivity contribution in [3.8, 4) is 0 Å². The van der Waals surface area contributed by atoms with Crippen LogP contribution in [0.3, 0.4) is 0 Å². The van der Waals surface area contributed by atoms with E-state index < -0.39 is 176 Å². The van der Waals surface area contributed by atoms with Gasteiger partial charge in [-0.15, -0.1) is 0 Å². The number of aliphatic hydroxyl groups is 5. The van der Waals surface area contributed by atoms with Crippen molar-refractivity contribution in [1.82, 2.24) is 4.90 Å². The lowest BCUT2D eigenvalue weighted by Crippen LogP contribution is -2.65. The molecular formula is C57H93NO25. The van der Waals surface area contributed by atoms with Crippen molar-refractivity contribution in [2.45, 2.75) is 231 Å². The van der Waals surface area contributed by atoms with Gasteiger partial charge in [-0.2, -0.15) is 0 Å². The number of aliphatic hydroxyl groups excluding tert-OH is 4. The maximum atomic E-state index is 14.0. The lowest BCUT2D eigenvalue weighted by Gasteiger charge is -2.50. The van der Waals surface area contributed by atoms with Crippen LogP contribution in [-0.4, -0.2) is 233 Å². The molecule has 476 valence electrons. The average Bonchev–Trinajstić information content (AvgIpc) is 3.27. The minimum absolute atomic E-state index is 0.0405. The fourth-order valence-electron chi connectivity index (χ4n) is 10.9. The van der Waals surface area contributed by atoms with Crippen LogP contribution in [0, 0.1) is 29.6 Å². The predicted octanol–water partition coefficient (Wildman–Crippen LogP) is 1.88. The zero-order valence-electron chi connectivity index (χ0n) is 50.5. The summed E-state index contributed by atoms with van der Waals surface area (Å²) in [6.45, 7) is 18.8. The van der Waals surface area contributed by atoms with Crippen LogP contribution in [0.1, 0.15) is 115 Å². The van der Waals surface area contributed by atoms with Gasteiger partial charge in [-0.1, -0.05) is 52.3 Å². The number of nitrogens with zero attached hydrogens (tertiary/aromatic N) is 1. The van der Waals surface area contributed by atoms with E-state index in [-0.39, 0.29) is 44.0 Å². The standard InChI is InChI=1S/C53H87NO19.C4H6O6/c1-16-39-36(26-65-52-49(64-15)48(63-14)47(32(8)68-52)71-40(59)21-27(2)3)22-28(4)17-18-37(57)29(5)23-35(19-20-55)45(30(6)38(58)24-41(60)70-39)73-51-44(61)43(54(12)13)46(31(7)67-51)72-42-25-53(11,62)50(33(9)66-42)69-34(10)56;5-1(3(7)8)2(6)4(9)10/h17-18,20,22,27,29-33,35-36,38-39,42-52,58,61-62H,16,19,21,23-26H2,1-15H3;1-2,5-6H,(H,7,8)(H,9,10). The second-order valence-electron chi connectivity index (χ2n) is 23.0. The van der Waals surface area contributed by atoms with E-state index in [1.54, 1.807) is 66.6 Å². The number of aliphatic carboxylic acids is 2. The van der Waals surface area contributed by atoms with Gasteiger partial charge in [0.15, 0.2) is 49.1 Å². The molecule has 0 aliphatic carbocycles. The van der Waals surface area contributed by atoms with Crippen molar-refractivity contribution in [3.05, 3.63) is 23.8 Å². The summed E-state index contributed by atoms with van der Waals surface area (Å²) < 4.78 is 67.2. The highest BCUT2D eigenvalue weighted by molar-refractivity contribution is 5.91. The molecule has 26 nitrogen and oxygen atoms in total. The highest BCUT2D eigenvalue weighted by Gasteiger charge is 2.53. The molecule has 0 aromatic carbocycles. The van der Waals surface area contributed by atoms with Gasteiger partial charge in [0.25, 0.3) is 0 Å². The first kappa shape index (κ1) is 72.9. The lowest BCUT2D eigenvalue weighted by atomic mass is 9.79. The predicted molar refractivity (Wildman–Crippen MR) is 290 cm³/mol. The number of hydrogen-bond acceptors (Lipinski definition) is 24. The Labute approximate surface area is 485 Å². The lowest BCUT2D eigenvalue weighted by molar-refractivity contribution is -0.342. The number of esters is 3. The molecule has 4 heterocycles. The summed E-state index contributed by atoms with van der Waals surface area (Å²) in [5, 5.41) is 67.9. The Kier molecular flexibility index (Phi) is 29.4. The molecule has 23 atom stereocenters. The van der Waals surface area contributed by atoms with Crippen molar-refractivity contribution in [2.24, 2.45) is 29.6 Å². The molecular weight excluding hydrogens is 1100 g/mol. The topological polar surface area (TPSA) is 366 Å². The van der Waals surface area contributed by atoms with Crippen molar-refractivity contribution in [2.75, 3.05) is 34.9 Å². The third-order valence-electron chi connectivity index (χ3n) is 15.3. The number of carbonyl (C=O) groups is 7. The van der Waals surface area contributed by atoms with E-state index >= 15 is 0 Å². The van der Waals surface area contributed by atoms with E-state index in [9.17, 15) is 48.9 Å². The number of ether oxygens (including phenoxy) is 11. The number of allylic oxidation sites excluding steroid dienone is 3. The van der Waals surface area contributed by atoms with Gasteiger partial charge in [0, 0.05) is 58.2 Å². The summed E-state index contributed by atoms with van der Waals surface area (Å²) in [6.07, 6.45) is -13.0. The van der Waals surface area contributed by atoms with Crippen LogP contribution in [0.5, 0.6) is 0 Å². The van der Waals surface area contributed by atoms with Crippen molar-refractivity contribution < 1.29 is 121 Å². The molecule has 0 saturated carbocycles. The number of aldehydes is 1. The number of cyclic esters (lactones) is 1.